The van der Waals surface area contributed by atoms with Gasteiger partial charge in [-0.15, -0.1) is 0 Å². The summed E-state index contributed by atoms with van der Waals surface area (Å²) in [5, 5.41) is 0. The Morgan fingerprint density at radius 3 is 2.33 bits per heavy atom. The summed E-state index contributed by atoms with van der Waals surface area (Å²) >= 11 is 0. The number of sulfonamides is 1. The van der Waals surface area contributed by atoms with Gasteiger partial charge in [0.15, 0.2) is 0 Å². The van der Waals surface area contributed by atoms with E-state index >= 15 is 0 Å². The highest BCUT2D eigenvalue weighted by Crippen LogP contribution is 2.22. The van der Waals surface area contributed by atoms with Crippen LogP contribution in [-0.2, 0) is 14.8 Å². The van der Waals surface area contributed by atoms with E-state index in [2.05, 4.69) is 17.0 Å². The van der Waals surface area contributed by atoms with E-state index in [-0.39, 0.29) is 11.8 Å². The lowest BCUT2D eigenvalue weighted by Gasteiger charge is -2.39. The minimum absolute atomic E-state index is 0.107. The van der Waals surface area contributed by atoms with Crippen LogP contribution in [0.5, 0.6) is 0 Å². The maximum atomic E-state index is 12.8. The molecule has 2 aliphatic rings. The molecule has 0 N–H and O–H groups in total. The summed E-state index contributed by atoms with van der Waals surface area (Å²) < 4.78 is 24.9. The fraction of sp³-hybridized carbons (Fsp3) is 0.588. The molecule has 1 amide bonds. The molecule has 6 nitrogen and oxygen atoms in total. The van der Waals surface area contributed by atoms with Crippen LogP contribution in [0.15, 0.2) is 30.3 Å². The zero-order valence-corrected chi connectivity index (χ0v) is 14.9. The van der Waals surface area contributed by atoms with Crippen LogP contribution in [0.3, 0.4) is 0 Å². The Morgan fingerprint density at radius 1 is 1.04 bits per heavy atom. The highest BCUT2D eigenvalue weighted by Gasteiger charge is 2.33. The largest absolute Gasteiger partial charge is 0.368 e. The molecule has 1 atom stereocenters. The summed E-state index contributed by atoms with van der Waals surface area (Å²) in [6.45, 7) is 3.89. The topological polar surface area (TPSA) is 60.9 Å². The number of rotatable bonds is 3. The number of hydrogen-bond donors (Lipinski definition) is 0. The lowest BCUT2D eigenvalue weighted by atomic mass is 9.97. The van der Waals surface area contributed by atoms with Crippen molar-refractivity contribution in [3.05, 3.63) is 30.3 Å². The van der Waals surface area contributed by atoms with Crippen molar-refractivity contribution in [2.75, 3.05) is 50.4 Å². The molecule has 2 fully saturated rings. The number of amides is 1. The SMILES string of the molecule is CS(=O)(=O)N1CCC[C@H](C(=O)N2CCN(c3ccccc3)CC2)C1. The summed E-state index contributed by atoms with van der Waals surface area (Å²) in [4.78, 5) is 16.9. The summed E-state index contributed by atoms with van der Waals surface area (Å²) in [5.41, 5.74) is 1.19. The van der Waals surface area contributed by atoms with Gasteiger partial charge in [-0.2, -0.15) is 0 Å². The highest BCUT2D eigenvalue weighted by atomic mass is 32.2. The number of piperidine rings is 1. The van der Waals surface area contributed by atoms with Gasteiger partial charge in [-0.25, -0.2) is 12.7 Å². The summed E-state index contributed by atoms with van der Waals surface area (Å²) in [6, 6.07) is 10.2. The molecule has 0 radical (unpaired) electrons. The number of carbonyl (C=O) groups excluding carboxylic acids is 1. The smallest absolute Gasteiger partial charge is 0.227 e. The van der Waals surface area contributed by atoms with Gasteiger partial charge in [-0.1, -0.05) is 18.2 Å². The maximum absolute atomic E-state index is 12.8. The number of piperazine rings is 1. The van der Waals surface area contributed by atoms with Crippen LogP contribution < -0.4 is 4.90 Å². The molecule has 0 bridgehead atoms. The quantitative estimate of drug-likeness (QED) is 0.815. The van der Waals surface area contributed by atoms with E-state index in [4.69, 9.17) is 0 Å². The van der Waals surface area contributed by atoms with E-state index < -0.39 is 10.0 Å². The molecule has 1 aromatic rings. The van der Waals surface area contributed by atoms with Crippen LogP contribution >= 0.6 is 0 Å². The fourth-order valence-electron chi connectivity index (χ4n) is 3.53. The fourth-order valence-corrected chi connectivity index (χ4v) is 4.44. The molecule has 24 heavy (non-hydrogen) atoms. The molecule has 2 saturated heterocycles. The van der Waals surface area contributed by atoms with Gasteiger partial charge in [0.1, 0.15) is 0 Å². The molecule has 7 heteroatoms. The van der Waals surface area contributed by atoms with E-state index in [0.717, 1.165) is 25.9 Å². The van der Waals surface area contributed by atoms with Crippen molar-refractivity contribution < 1.29 is 13.2 Å². The first-order valence-electron chi connectivity index (χ1n) is 8.49. The number of anilines is 1. The molecular formula is C17H25N3O3S. The normalized spacial score (nSPS) is 23.3. The van der Waals surface area contributed by atoms with Crippen LogP contribution in [0.1, 0.15) is 12.8 Å². The lowest BCUT2D eigenvalue weighted by Crippen LogP contribution is -2.53. The second-order valence-electron chi connectivity index (χ2n) is 6.61. The highest BCUT2D eigenvalue weighted by molar-refractivity contribution is 7.88. The van der Waals surface area contributed by atoms with Gasteiger partial charge in [0.2, 0.25) is 15.9 Å². The van der Waals surface area contributed by atoms with Crippen molar-refractivity contribution in [1.29, 1.82) is 0 Å². The molecule has 2 aliphatic heterocycles. The molecule has 3 rings (SSSR count). The molecule has 1 aromatic carbocycles. The van der Waals surface area contributed by atoms with Crippen LogP contribution in [0.4, 0.5) is 5.69 Å². The zero-order chi connectivity index (χ0) is 17.2. The predicted molar refractivity (Wildman–Crippen MR) is 94.4 cm³/mol. The van der Waals surface area contributed by atoms with Crippen molar-refractivity contribution in [3.8, 4) is 0 Å². The van der Waals surface area contributed by atoms with Crippen LogP contribution in [0.2, 0.25) is 0 Å². The first-order chi connectivity index (χ1) is 11.4. The Kier molecular flexibility index (Phi) is 5.10. The molecule has 2 heterocycles. The Morgan fingerprint density at radius 2 is 1.71 bits per heavy atom. The molecular weight excluding hydrogens is 326 g/mol. The summed E-state index contributed by atoms with van der Waals surface area (Å²) in [5.74, 6) is -0.0900. The second kappa shape index (κ2) is 7.11. The van der Waals surface area contributed by atoms with Crippen molar-refractivity contribution in [2.45, 2.75) is 12.8 Å². The number of hydrogen-bond acceptors (Lipinski definition) is 4. The lowest BCUT2D eigenvalue weighted by molar-refractivity contribution is -0.137. The number of para-hydroxylation sites is 1. The first-order valence-corrected chi connectivity index (χ1v) is 10.3. The third-order valence-corrected chi connectivity index (χ3v) is 6.18. The van der Waals surface area contributed by atoms with Crippen LogP contribution in [0.25, 0.3) is 0 Å². The number of benzene rings is 1. The summed E-state index contributed by atoms with van der Waals surface area (Å²) in [7, 11) is -3.21. The van der Waals surface area contributed by atoms with Crippen LogP contribution in [0, 0.1) is 5.92 Å². The molecule has 0 aromatic heterocycles. The number of carbonyl (C=O) groups is 1. The van der Waals surface area contributed by atoms with Gasteiger partial charge in [-0.05, 0) is 25.0 Å². The third-order valence-electron chi connectivity index (χ3n) is 4.92. The number of nitrogens with zero attached hydrogens (tertiary/aromatic N) is 3. The van der Waals surface area contributed by atoms with Gasteiger partial charge in [0.05, 0.1) is 12.2 Å². The third kappa shape index (κ3) is 3.89. The molecule has 0 spiro atoms. The van der Waals surface area contributed by atoms with Gasteiger partial charge in [-0.3, -0.25) is 4.79 Å². The van der Waals surface area contributed by atoms with Gasteiger partial charge in [0, 0.05) is 45.0 Å². The van der Waals surface area contributed by atoms with E-state index in [9.17, 15) is 13.2 Å². The monoisotopic (exact) mass is 351 g/mol. The van der Waals surface area contributed by atoms with Gasteiger partial charge < -0.3 is 9.80 Å². The Bertz CT molecular complexity index is 670. The van der Waals surface area contributed by atoms with Crippen molar-refractivity contribution in [3.63, 3.8) is 0 Å². The Hall–Kier alpha value is -1.60. The average molecular weight is 351 g/mol. The standard InChI is InChI=1S/C17H25N3O3S/c1-24(22,23)20-9-5-6-15(14-20)17(21)19-12-10-18(11-13-19)16-7-3-2-4-8-16/h2-4,7-8,15H,5-6,9-14H2,1H3/t15-/m0/s1. The van der Waals surface area contributed by atoms with Crippen LogP contribution in [-0.4, -0.2) is 69.1 Å². The Balaban J connectivity index is 1.57. The second-order valence-corrected chi connectivity index (χ2v) is 8.59. The maximum Gasteiger partial charge on any atom is 0.227 e. The molecule has 0 aliphatic carbocycles. The van der Waals surface area contributed by atoms with E-state index in [1.165, 1.54) is 16.2 Å². The first kappa shape index (κ1) is 17.2. The summed E-state index contributed by atoms with van der Waals surface area (Å²) in [6.07, 6.45) is 2.76. The van der Waals surface area contributed by atoms with E-state index in [1.54, 1.807) is 0 Å². The van der Waals surface area contributed by atoms with Gasteiger partial charge in [0.25, 0.3) is 0 Å². The Labute approximate surface area is 144 Å². The van der Waals surface area contributed by atoms with E-state index in [0.29, 0.717) is 26.2 Å². The average Bonchev–Trinajstić information content (AvgIpc) is 2.61. The van der Waals surface area contributed by atoms with Crippen molar-refractivity contribution in [2.24, 2.45) is 5.92 Å². The van der Waals surface area contributed by atoms with Crippen molar-refractivity contribution in [1.82, 2.24) is 9.21 Å². The zero-order valence-electron chi connectivity index (χ0n) is 14.1. The van der Waals surface area contributed by atoms with Gasteiger partial charge >= 0.3 is 0 Å². The molecule has 0 saturated carbocycles. The minimum atomic E-state index is -3.21. The molecule has 132 valence electrons. The van der Waals surface area contributed by atoms with Crippen molar-refractivity contribution >= 4 is 21.6 Å². The van der Waals surface area contributed by atoms with E-state index in [1.807, 2.05) is 23.1 Å². The predicted octanol–water partition coefficient (Wildman–Crippen LogP) is 1.01. The minimum Gasteiger partial charge on any atom is -0.368 e. The molecule has 0 unspecified atom stereocenters.